The van der Waals surface area contributed by atoms with Crippen LogP contribution in [0.2, 0.25) is 0 Å². The number of nitro benzene ring substituents is 1. The van der Waals surface area contributed by atoms with Crippen LogP contribution in [0.5, 0.6) is 0 Å². The molecule has 0 radical (unpaired) electrons. The summed E-state index contributed by atoms with van der Waals surface area (Å²) in [6, 6.07) is 2.19. The van der Waals surface area contributed by atoms with E-state index in [0.717, 1.165) is 6.07 Å². The van der Waals surface area contributed by atoms with E-state index in [2.05, 4.69) is 5.18 Å². The number of hydrogen-bond acceptors (Lipinski definition) is 6. The number of carbonyl (C=O) groups excluding carboxylic acids is 1. The van der Waals surface area contributed by atoms with E-state index in [1.165, 1.54) is 13.0 Å². The first-order valence-electron chi connectivity index (χ1n) is 4.80. The molecule has 17 heavy (non-hydrogen) atoms. The SMILES string of the molecule is CCOC(=O)c1cc(N=O)cc([N+](=O)[O-])c1C. The first-order valence-corrected chi connectivity index (χ1v) is 4.80. The van der Waals surface area contributed by atoms with E-state index in [4.69, 9.17) is 4.74 Å². The van der Waals surface area contributed by atoms with Crippen molar-refractivity contribution in [2.75, 3.05) is 6.61 Å². The third-order valence-electron chi connectivity index (χ3n) is 2.16. The molecule has 0 aliphatic carbocycles. The molecule has 0 heterocycles. The predicted molar refractivity (Wildman–Crippen MR) is 59.2 cm³/mol. The normalized spacial score (nSPS) is 9.76. The van der Waals surface area contributed by atoms with Crippen LogP contribution in [0.3, 0.4) is 0 Å². The quantitative estimate of drug-likeness (QED) is 0.347. The summed E-state index contributed by atoms with van der Waals surface area (Å²) in [6.07, 6.45) is 0. The largest absolute Gasteiger partial charge is 0.462 e. The van der Waals surface area contributed by atoms with Gasteiger partial charge >= 0.3 is 5.97 Å². The Morgan fingerprint density at radius 2 is 2.18 bits per heavy atom. The molecule has 1 aromatic carbocycles. The van der Waals surface area contributed by atoms with E-state index in [1.807, 2.05) is 0 Å². The van der Waals surface area contributed by atoms with Gasteiger partial charge in [0.05, 0.1) is 17.1 Å². The van der Waals surface area contributed by atoms with Crippen LogP contribution in [0.25, 0.3) is 0 Å². The lowest BCUT2D eigenvalue weighted by Gasteiger charge is -2.06. The molecule has 0 amide bonds. The second-order valence-corrected chi connectivity index (χ2v) is 3.21. The highest BCUT2D eigenvalue weighted by atomic mass is 16.6. The standard InChI is InChI=1S/C10H10N2O5/c1-3-17-10(13)8-4-7(11-14)5-9(6(8)2)12(15)16/h4-5H,3H2,1-2H3. The van der Waals surface area contributed by atoms with Crippen LogP contribution in [-0.2, 0) is 4.74 Å². The van der Waals surface area contributed by atoms with Crippen molar-refractivity contribution in [3.63, 3.8) is 0 Å². The average molecular weight is 238 g/mol. The van der Waals surface area contributed by atoms with Gasteiger partial charge in [-0.3, -0.25) is 10.1 Å². The van der Waals surface area contributed by atoms with Gasteiger partial charge in [-0.2, -0.15) is 0 Å². The number of carbonyl (C=O) groups is 1. The van der Waals surface area contributed by atoms with Crippen LogP contribution in [-0.4, -0.2) is 17.5 Å². The van der Waals surface area contributed by atoms with E-state index in [0.29, 0.717) is 0 Å². The summed E-state index contributed by atoms with van der Waals surface area (Å²) < 4.78 is 4.74. The minimum Gasteiger partial charge on any atom is -0.462 e. The van der Waals surface area contributed by atoms with Gasteiger partial charge in [-0.05, 0) is 25.1 Å². The Labute approximate surface area is 96.5 Å². The van der Waals surface area contributed by atoms with Crippen LogP contribution in [0, 0.1) is 21.9 Å². The zero-order valence-electron chi connectivity index (χ0n) is 9.30. The van der Waals surface area contributed by atoms with Gasteiger partial charge in [0.1, 0.15) is 5.69 Å². The van der Waals surface area contributed by atoms with Crippen molar-refractivity contribution >= 4 is 17.3 Å². The van der Waals surface area contributed by atoms with Crippen LogP contribution in [0.15, 0.2) is 17.3 Å². The van der Waals surface area contributed by atoms with Gasteiger partial charge in [0.25, 0.3) is 5.69 Å². The second-order valence-electron chi connectivity index (χ2n) is 3.21. The van der Waals surface area contributed by atoms with Crippen LogP contribution in [0.1, 0.15) is 22.8 Å². The smallest absolute Gasteiger partial charge is 0.338 e. The molecule has 7 nitrogen and oxygen atoms in total. The Hall–Kier alpha value is -2.31. The Kier molecular flexibility index (Phi) is 3.86. The Bertz CT molecular complexity index is 484. The van der Waals surface area contributed by atoms with Gasteiger partial charge in [0.15, 0.2) is 0 Å². The number of esters is 1. The summed E-state index contributed by atoms with van der Waals surface area (Å²) in [4.78, 5) is 32.0. The van der Waals surface area contributed by atoms with Gasteiger partial charge in [-0.1, -0.05) is 0 Å². The number of nitroso groups, excluding NO2 is 1. The topological polar surface area (TPSA) is 98.9 Å². The number of nitro groups is 1. The van der Waals surface area contributed by atoms with E-state index >= 15 is 0 Å². The molecule has 0 unspecified atom stereocenters. The highest BCUT2D eigenvalue weighted by Gasteiger charge is 2.21. The fourth-order valence-electron chi connectivity index (χ4n) is 1.35. The van der Waals surface area contributed by atoms with Crippen molar-refractivity contribution in [2.45, 2.75) is 13.8 Å². The summed E-state index contributed by atoms with van der Waals surface area (Å²) >= 11 is 0. The molecule has 0 bridgehead atoms. The lowest BCUT2D eigenvalue weighted by Crippen LogP contribution is -2.08. The molecule has 1 aromatic rings. The molecular weight excluding hydrogens is 228 g/mol. The third-order valence-corrected chi connectivity index (χ3v) is 2.16. The highest BCUT2D eigenvalue weighted by molar-refractivity contribution is 5.93. The summed E-state index contributed by atoms with van der Waals surface area (Å²) in [6.45, 7) is 3.17. The zero-order chi connectivity index (χ0) is 13.0. The molecule has 0 aromatic heterocycles. The maximum absolute atomic E-state index is 11.5. The van der Waals surface area contributed by atoms with E-state index in [1.54, 1.807) is 6.92 Å². The van der Waals surface area contributed by atoms with Crippen LogP contribution in [0.4, 0.5) is 11.4 Å². The minimum atomic E-state index is -0.710. The number of benzene rings is 1. The molecule has 0 fully saturated rings. The molecule has 0 atom stereocenters. The van der Waals surface area contributed by atoms with E-state index in [-0.39, 0.29) is 29.1 Å². The second kappa shape index (κ2) is 5.15. The number of ether oxygens (including phenoxy) is 1. The van der Waals surface area contributed by atoms with Crippen molar-refractivity contribution < 1.29 is 14.5 Å². The van der Waals surface area contributed by atoms with Gasteiger partial charge in [-0.25, -0.2) is 4.79 Å². The molecule has 0 spiro atoms. The van der Waals surface area contributed by atoms with Gasteiger partial charge in [0, 0.05) is 11.6 Å². The average Bonchev–Trinajstić information content (AvgIpc) is 2.29. The maximum Gasteiger partial charge on any atom is 0.338 e. The maximum atomic E-state index is 11.5. The van der Waals surface area contributed by atoms with E-state index < -0.39 is 10.9 Å². The summed E-state index contributed by atoms with van der Waals surface area (Å²) in [5, 5.41) is 13.3. The van der Waals surface area contributed by atoms with Crippen LogP contribution < -0.4 is 0 Å². The number of rotatable bonds is 4. The van der Waals surface area contributed by atoms with Crippen molar-refractivity contribution in [1.29, 1.82) is 0 Å². The van der Waals surface area contributed by atoms with Crippen LogP contribution >= 0.6 is 0 Å². The van der Waals surface area contributed by atoms with E-state index in [9.17, 15) is 19.8 Å². The highest BCUT2D eigenvalue weighted by Crippen LogP contribution is 2.28. The predicted octanol–water partition coefficient (Wildman–Crippen LogP) is 2.48. The van der Waals surface area contributed by atoms with Gasteiger partial charge in [0.2, 0.25) is 0 Å². The number of nitrogens with zero attached hydrogens (tertiary/aromatic N) is 2. The van der Waals surface area contributed by atoms with Crippen molar-refractivity contribution in [2.24, 2.45) is 5.18 Å². The molecule has 0 saturated heterocycles. The molecule has 0 aliphatic heterocycles. The monoisotopic (exact) mass is 238 g/mol. The van der Waals surface area contributed by atoms with Gasteiger partial charge in [-0.15, -0.1) is 4.91 Å². The molecular formula is C10H10N2O5. The number of hydrogen-bond donors (Lipinski definition) is 0. The van der Waals surface area contributed by atoms with Crippen molar-refractivity contribution in [1.82, 2.24) is 0 Å². The minimum absolute atomic E-state index is 0.0179. The first kappa shape index (κ1) is 12.8. The molecule has 90 valence electrons. The summed E-state index contributed by atoms with van der Waals surface area (Å²) in [5.74, 6) is -0.710. The van der Waals surface area contributed by atoms with Gasteiger partial charge < -0.3 is 4.74 Å². The molecule has 7 heteroatoms. The first-order chi connectivity index (χ1) is 8.01. The molecule has 0 saturated carbocycles. The Balaban J connectivity index is 3.38. The Morgan fingerprint density at radius 3 is 2.65 bits per heavy atom. The van der Waals surface area contributed by atoms with Crippen molar-refractivity contribution in [3.05, 3.63) is 38.3 Å². The zero-order valence-corrected chi connectivity index (χ0v) is 9.30. The fourth-order valence-corrected chi connectivity index (χ4v) is 1.35. The molecule has 0 N–H and O–H groups in total. The third kappa shape index (κ3) is 2.63. The lowest BCUT2D eigenvalue weighted by atomic mass is 10.1. The Morgan fingerprint density at radius 1 is 1.53 bits per heavy atom. The summed E-state index contributed by atoms with van der Waals surface area (Å²) in [7, 11) is 0. The van der Waals surface area contributed by atoms with Crippen molar-refractivity contribution in [3.8, 4) is 0 Å². The molecule has 1 rings (SSSR count). The lowest BCUT2D eigenvalue weighted by molar-refractivity contribution is -0.385. The summed E-state index contributed by atoms with van der Waals surface area (Å²) in [5.41, 5.74) is -0.369. The molecule has 0 aliphatic rings. The fraction of sp³-hybridized carbons (Fsp3) is 0.300.